The van der Waals surface area contributed by atoms with Crippen LogP contribution in [-0.2, 0) is 27.7 Å². The minimum atomic E-state index is -3.95. The molecule has 0 aliphatic rings. The molecular weight excluding hydrogens is 709 g/mol. The molecule has 11 nitrogen and oxygen atoms in total. The molecule has 0 saturated carbocycles. The highest BCUT2D eigenvalue weighted by atomic mass is 32.2. The van der Waals surface area contributed by atoms with Gasteiger partial charge in [0.1, 0.15) is 23.0 Å². The van der Waals surface area contributed by atoms with Crippen molar-refractivity contribution in [3.8, 4) is 5.75 Å². The molecule has 4 aromatic carbocycles. The van der Waals surface area contributed by atoms with Crippen molar-refractivity contribution in [1.82, 2.24) is 10.2 Å². The molecule has 0 radical (unpaired) electrons. The largest absolute Gasteiger partial charge is 0.497 e. The first-order valence-electron chi connectivity index (χ1n) is 16.8. The van der Waals surface area contributed by atoms with Gasteiger partial charge in [-0.3, -0.25) is 4.79 Å². The molecule has 14 heteroatoms. The Balaban J connectivity index is 1.74. The van der Waals surface area contributed by atoms with Gasteiger partial charge in [0, 0.05) is 18.2 Å². The van der Waals surface area contributed by atoms with Crippen molar-refractivity contribution in [3.63, 3.8) is 0 Å². The number of benzene rings is 4. The van der Waals surface area contributed by atoms with E-state index in [1.807, 2.05) is 0 Å². The van der Waals surface area contributed by atoms with E-state index >= 15 is 0 Å². The maximum absolute atomic E-state index is 14.3. The topological polar surface area (TPSA) is 146 Å². The number of nitrogens with zero attached hydrogens (tertiary/aromatic N) is 2. The molecule has 4 aromatic rings. The SMILES string of the molecule is COc1cccc(CN(C[C@@H](O)[C@H](Cc2cc(F)cc(F)c2)NC(=O)c2cc(C(C)O)cc(N(c3ccccc3)S(C)(=O)=O)c2)C(=O)OC(C)(C)C)c1. The average molecular weight is 754 g/mol. The maximum atomic E-state index is 14.3. The van der Waals surface area contributed by atoms with Gasteiger partial charge in [0.2, 0.25) is 10.0 Å². The van der Waals surface area contributed by atoms with Crippen LogP contribution in [0.5, 0.6) is 5.75 Å². The van der Waals surface area contributed by atoms with E-state index in [1.165, 1.54) is 37.1 Å². The molecule has 53 heavy (non-hydrogen) atoms. The number of ether oxygens (including phenoxy) is 2. The van der Waals surface area contributed by atoms with Crippen molar-refractivity contribution >= 4 is 33.4 Å². The number of anilines is 2. The van der Waals surface area contributed by atoms with E-state index in [0.717, 1.165) is 22.7 Å². The van der Waals surface area contributed by atoms with Gasteiger partial charge in [0.05, 0.1) is 49.5 Å². The molecule has 4 rings (SSSR count). The predicted molar refractivity (Wildman–Crippen MR) is 197 cm³/mol. The van der Waals surface area contributed by atoms with Crippen LogP contribution in [0.4, 0.5) is 25.0 Å². The highest BCUT2D eigenvalue weighted by Gasteiger charge is 2.30. The smallest absolute Gasteiger partial charge is 0.410 e. The van der Waals surface area contributed by atoms with Gasteiger partial charge < -0.3 is 29.9 Å². The summed E-state index contributed by atoms with van der Waals surface area (Å²) in [6, 6.07) is 20.8. The van der Waals surface area contributed by atoms with E-state index in [9.17, 15) is 37.0 Å². The lowest BCUT2D eigenvalue weighted by molar-refractivity contribution is 0.00836. The van der Waals surface area contributed by atoms with E-state index in [2.05, 4.69) is 5.32 Å². The molecular formula is C39H45F2N3O8S. The van der Waals surface area contributed by atoms with Gasteiger partial charge in [-0.25, -0.2) is 26.3 Å². The van der Waals surface area contributed by atoms with E-state index in [-0.39, 0.29) is 47.6 Å². The number of sulfonamides is 1. The number of carbonyl (C=O) groups is 2. The number of aliphatic hydroxyl groups is 2. The highest BCUT2D eigenvalue weighted by Crippen LogP contribution is 2.32. The quantitative estimate of drug-likeness (QED) is 0.137. The molecule has 3 atom stereocenters. The van der Waals surface area contributed by atoms with Crippen molar-refractivity contribution in [2.45, 2.75) is 64.5 Å². The van der Waals surface area contributed by atoms with Crippen LogP contribution in [0.2, 0.25) is 0 Å². The van der Waals surface area contributed by atoms with Gasteiger partial charge in [-0.05, 0) is 105 Å². The van der Waals surface area contributed by atoms with Crippen LogP contribution < -0.4 is 14.4 Å². The van der Waals surface area contributed by atoms with Crippen molar-refractivity contribution in [1.29, 1.82) is 0 Å². The summed E-state index contributed by atoms with van der Waals surface area (Å²) in [5.41, 5.74) is 0.334. The number of carbonyl (C=O) groups excluding carboxylic acids is 2. The third-order valence-electron chi connectivity index (χ3n) is 7.97. The van der Waals surface area contributed by atoms with Crippen LogP contribution in [0.1, 0.15) is 60.8 Å². The van der Waals surface area contributed by atoms with Gasteiger partial charge in [-0.2, -0.15) is 0 Å². The molecule has 3 N–H and O–H groups in total. The zero-order valence-corrected chi connectivity index (χ0v) is 31.2. The van der Waals surface area contributed by atoms with E-state index < -0.39 is 57.5 Å². The van der Waals surface area contributed by atoms with Crippen LogP contribution in [-0.4, -0.2) is 73.2 Å². The first-order chi connectivity index (χ1) is 24.8. The molecule has 0 heterocycles. The van der Waals surface area contributed by atoms with Gasteiger partial charge >= 0.3 is 6.09 Å². The lowest BCUT2D eigenvalue weighted by atomic mass is 9.99. The summed E-state index contributed by atoms with van der Waals surface area (Å²) < 4.78 is 66.7. The minimum absolute atomic E-state index is 0.0287. The van der Waals surface area contributed by atoms with Gasteiger partial charge in [0.25, 0.3) is 5.91 Å². The summed E-state index contributed by atoms with van der Waals surface area (Å²) in [6.45, 7) is 6.09. The highest BCUT2D eigenvalue weighted by molar-refractivity contribution is 7.92. The Morgan fingerprint density at radius 3 is 2.11 bits per heavy atom. The van der Waals surface area contributed by atoms with Crippen LogP contribution in [0.3, 0.4) is 0 Å². The van der Waals surface area contributed by atoms with Gasteiger partial charge in [-0.1, -0.05) is 30.3 Å². The van der Waals surface area contributed by atoms with E-state index in [4.69, 9.17) is 9.47 Å². The number of hydrogen-bond donors (Lipinski definition) is 3. The zero-order valence-electron chi connectivity index (χ0n) is 30.4. The Hall–Kier alpha value is -5.05. The number of methoxy groups -OCH3 is 1. The lowest BCUT2D eigenvalue weighted by Gasteiger charge is -2.32. The molecule has 1 unspecified atom stereocenters. The summed E-state index contributed by atoms with van der Waals surface area (Å²) in [5, 5.41) is 25.0. The molecule has 0 fully saturated rings. The van der Waals surface area contributed by atoms with Crippen LogP contribution in [0.25, 0.3) is 0 Å². The zero-order chi connectivity index (χ0) is 39.1. The number of rotatable bonds is 14. The molecule has 0 aliphatic heterocycles. The Bertz CT molecular complexity index is 1990. The van der Waals surface area contributed by atoms with Gasteiger partial charge in [0.15, 0.2) is 0 Å². The van der Waals surface area contributed by atoms with Crippen molar-refractivity contribution < 1.29 is 46.5 Å². The van der Waals surface area contributed by atoms with Crippen LogP contribution in [0, 0.1) is 11.6 Å². The van der Waals surface area contributed by atoms with Crippen molar-refractivity contribution in [3.05, 3.63) is 125 Å². The Kier molecular flexibility index (Phi) is 13.2. The molecule has 2 amide bonds. The van der Waals surface area contributed by atoms with Gasteiger partial charge in [-0.15, -0.1) is 0 Å². The number of halogens is 2. The molecule has 0 bridgehead atoms. The molecule has 0 saturated heterocycles. The number of nitrogens with one attached hydrogen (secondary N) is 1. The third kappa shape index (κ3) is 11.7. The first kappa shape index (κ1) is 40.7. The summed E-state index contributed by atoms with van der Waals surface area (Å²) >= 11 is 0. The van der Waals surface area contributed by atoms with Crippen LogP contribution in [0.15, 0.2) is 91.0 Å². The fraction of sp³-hybridized carbons (Fsp3) is 0.333. The Labute approximate surface area is 308 Å². The second-order valence-electron chi connectivity index (χ2n) is 13.7. The third-order valence-corrected chi connectivity index (χ3v) is 9.05. The Morgan fingerprint density at radius 2 is 1.53 bits per heavy atom. The second-order valence-corrected chi connectivity index (χ2v) is 15.5. The first-order valence-corrected chi connectivity index (χ1v) is 18.6. The summed E-state index contributed by atoms with van der Waals surface area (Å²) in [7, 11) is -2.46. The standard InChI is InChI=1S/C39H45F2N3O8S/c1-25(45)28-19-29(21-33(20-28)44(53(6,49)50)32-12-8-7-9-13-32)37(47)42-35(18-27-15-30(40)22-31(41)16-27)36(46)24-43(38(48)52-39(2,3)4)23-26-11-10-14-34(17-26)51-5/h7-17,19-22,25,35-36,45-46H,18,23-24H2,1-6H3,(H,42,47)/t25?,35-,36+/m0/s1. The fourth-order valence-electron chi connectivity index (χ4n) is 5.61. The number of aliphatic hydroxyl groups excluding tert-OH is 2. The molecule has 0 aliphatic carbocycles. The van der Waals surface area contributed by atoms with Crippen molar-refractivity contribution in [2.24, 2.45) is 0 Å². The fourth-order valence-corrected chi connectivity index (χ4v) is 6.60. The number of hydrogen-bond acceptors (Lipinski definition) is 8. The minimum Gasteiger partial charge on any atom is -0.497 e. The van der Waals surface area contributed by atoms with Crippen molar-refractivity contribution in [2.75, 3.05) is 24.2 Å². The summed E-state index contributed by atoms with van der Waals surface area (Å²) in [4.78, 5) is 28.8. The number of para-hydroxylation sites is 1. The Morgan fingerprint density at radius 1 is 0.868 bits per heavy atom. The van der Waals surface area contributed by atoms with E-state index in [0.29, 0.717) is 17.4 Å². The van der Waals surface area contributed by atoms with E-state index in [1.54, 1.807) is 75.4 Å². The summed E-state index contributed by atoms with van der Waals surface area (Å²) in [5.74, 6) is -2.01. The summed E-state index contributed by atoms with van der Waals surface area (Å²) in [6.07, 6.45) is -2.68. The van der Waals surface area contributed by atoms with Crippen LogP contribution >= 0.6 is 0 Å². The lowest BCUT2D eigenvalue weighted by Crippen LogP contribution is -2.51. The normalized spacial score (nSPS) is 13.4. The molecule has 0 aromatic heterocycles. The molecule has 284 valence electrons. The maximum Gasteiger partial charge on any atom is 0.410 e. The number of amides is 2. The monoisotopic (exact) mass is 753 g/mol. The second kappa shape index (κ2) is 17.2. The average Bonchev–Trinajstić information content (AvgIpc) is 3.06. The molecule has 0 spiro atoms. The predicted octanol–water partition coefficient (Wildman–Crippen LogP) is 6.26.